The van der Waals surface area contributed by atoms with Crippen molar-refractivity contribution in [3.8, 4) is 0 Å². The fraction of sp³-hybridized carbons (Fsp3) is 0.500. The summed E-state index contributed by atoms with van der Waals surface area (Å²) in [6, 6.07) is 7.98. The fourth-order valence-corrected chi connectivity index (χ4v) is 2.49. The molecule has 2 aromatic rings. The summed E-state index contributed by atoms with van der Waals surface area (Å²) in [5.74, 6) is 0. The van der Waals surface area contributed by atoms with Crippen LogP contribution in [0.1, 0.15) is 31.7 Å². The second kappa shape index (κ2) is 6.98. The molecule has 5 heteroatoms. The van der Waals surface area contributed by atoms with E-state index in [1.54, 1.807) is 0 Å². The highest BCUT2D eigenvalue weighted by Gasteiger charge is 2.26. The zero-order chi connectivity index (χ0) is 15.3. The van der Waals surface area contributed by atoms with Crippen molar-refractivity contribution in [3.63, 3.8) is 0 Å². The standard InChI is InChI=1S/C16H21F3N2/c1-2-9-20-12-13-5-3-6-15-14(13)7-11-21(15)10-4-8-16(17,18)19/h3,5-7,11,20H,2,4,8-10,12H2,1H3. The number of nitrogens with zero attached hydrogens (tertiary/aromatic N) is 1. The number of fused-ring (bicyclic) bond motifs is 1. The van der Waals surface area contributed by atoms with Gasteiger partial charge in [-0.05, 0) is 37.1 Å². The third-order valence-corrected chi connectivity index (χ3v) is 3.51. The van der Waals surface area contributed by atoms with Crippen LogP contribution in [0.15, 0.2) is 30.5 Å². The molecule has 21 heavy (non-hydrogen) atoms. The molecular weight excluding hydrogens is 277 g/mol. The van der Waals surface area contributed by atoms with Gasteiger partial charge >= 0.3 is 6.18 Å². The van der Waals surface area contributed by atoms with Gasteiger partial charge < -0.3 is 9.88 Å². The molecule has 0 radical (unpaired) electrons. The molecule has 0 spiro atoms. The lowest BCUT2D eigenvalue weighted by Crippen LogP contribution is -2.13. The maximum Gasteiger partial charge on any atom is 0.389 e. The molecule has 0 unspecified atom stereocenters. The number of aromatic nitrogens is 1. The van der Waals surface area contributed by atoms with E-state index in [9.17, 15) is 13.2 Å². The Labute approximate surface area is 122 Å². The van der Waals surface area contributed by atoms with E-state index in [4.69, 9.17) is 0 Å². The van der Waals surface area contributed by atoms with Crippen LogP contribution in [0.4, 0.5) is 13.2 Å². The Morgan fingerprint density at radius 3 is 2.71 bits per heavy atom. The smallest absolute Gasteiger partial charge is 0.347 e. The third-order valence-electron chi connectivity index (χ3n) is 3.51. The van der Waals surface area contributed by atoms with Crippen LogP contribution in [0.3, 0.4) is 0 Å². The fourth-order valence-electron chi connectivity index (χ4n) is 2.49. The molecule has 0 fully saturated rings. The Morgan fingerprint density at radius 1 is 1.19 bits per heavy atom. The number of hydrogen-bond donors (Lipinski definition) is 1. The molecule has 1 N–H and O–H groups in total. The van der Waals surface area contributed by atoms with E-state index in [2.05, 4.69) is 18.3 Å². The van der Waals surface area contributed by atoms with Gasteiger partial charge in [0.25, 0.3) is 0 Å². The molecule has 2 rings (SSSR count). The van der Waals surface area contributed by atoms with E-state index in [1.165, 1.54) is 5.56 Å². The average molecular weight is 298 g/mol. The van der Waals surface area contributed by atoms with Gasteiger partial charge in [-0.15, -0.1) is 0 Å². The summed E-state index contributed by atoms with van der Waals surface area (Å²) in [4.78, 5) is 0. The van der Waals surface area contributed by atoms with Gasteiger partial charge in [0.1, 0.15) is 0 Å². The molecule has 1 heterocycles. The summed E-state index contributed by atoms with van der Waals surface area (Å²) in [7, 11) is 0. The van der Waals surface area contributed by atoms with Crippen molar-refractivity contribution in [2.75, 3.05) is 6.54 Å². The van der Waals surface area contributed by atoms with Gasteiger partial charge in [0, 0.05) is 36.6 Å². The largest absolute Gasteiger partial charge is 0.389 e. The van der Waals surface area contributed by atoms with Crippen molar-refractivity contribution in [2.24, 2.45) is 0 Å². The molecule has 1 aromatic carbocycles. The molecular formula is C16H21F3N2. The zero-order valence-corrected chi connectivity index (χ0v) is 12.2. The number of benzene rings is 1. The van der Waals surface area contributed by atoms with Crippen LogP contribution >= 0.6 is 0 Å². The first kappa shape index (κ1) is 15.9. The highest BCUT2D eigenvalue weighted by molar-refractivity contribution is 5.83. The van der Waals surface area contributed by atoms with Gasteiger partial charge in [0.15, 0.2) is 0 Å². The third kappa shape index (κ3) is 4.49. The Balaban J connectivity index is 2.07. The first-order chi connectivity index (χ1) is 10.0. The van der Waals surface area contributed by atoms with Crippen molar-refractivity contribution < 1.29 is 13.2 Å². The molecule has 0 aliphatic rings. The van der Waals surface area contributed by atoms with E-state index >= 15 is 0 Å². The number of alkyl halides is 3. The Bertz CT molecular complexity index is 572. The van der Waals surface area contributed by atoms with E-state index in [1.807, 2.05) is 29.0 Å². The zero-order valence-electron chi connectivity index (χ0n) is 12.2. The van der Waals surface area contributed by atoms with Crippen LogP contribution in [-0.2, 0) is 13.1 Å². The second-order valence-corrected chi connectivity index (χ2v) is 5.25. The Morgan fingerprint density at radius 2 is 2.00 bits per heavy atom. The van der Waals surface area contributed by atoms with Crippen molar-refractivity contribution in [1.82, 2.24) is 9.88 Å². The average Bonchev–Trinajstić information content (AvgIpc) is 2.82. The molecule has 0 amide bonds. The summed E-state index contributed by atoms with van der Waals surface area (Å²) in [5.41, 5.74) is 2.20. The summed E-state index contributed by atoms with van der Waals surface area (Å²) in [6.07, 6.45) is -1.73. The van der Waals surface area contributed by atoms with Gasteiger partial charge in [-0.1, -0.05) is 19.1 Å². The lowest BCUT2D eigenvalue weighted by Gasteiger charge is -2.09. The molecule has 0 aliphatic heterocycles. The van der Waals surface area contributed by atoms with Gasteiger partial charge in [-0.25, -0.2) is 0 Å². The Hall–Kier alpha value is -1.49. The molecule has 2 nitrogen and oxygen atoms in total. The van der Waals surface area contributed by atoms with Crippen LogP contribution < -0.4 is 5.32 Å². The summed E-state index contributed by atoms with van der Waals surface area (Å²) in [5, 5.41) is 4.48. The first-order valence-corrected chi connectivity index (χ1v) is 7.35. The lowest BCUT2D eigenvalue weighted by atomic mass is 10.1. The molecule has 0 saturated heterocycles. The number of hydrogen-bond acceptors (Lipinski definition) is 1. The van der Waals surface area contributed by atoms with Gasteiger partial charge in [0.05, 0.1) is 0 Å². The van der Waals surface area contributed by atoms with Crippen molar-refractivity contribution >= 4 is 10.9 Å². The quantitative estimate of drug-likeness (QED) is 0.746. The highest BCUT2D eigenvalue weighted by Crippen LogP contribution is 2.24. The monoisotopic (exact) mass is 298 g/mol. The van der Waals surface area contributed by atoms with Crippen LogP contribution in [0.25, 0.3) is 10.9 Å². The van der Waals surface area contributed by atoms with Crippen LogP contribution in [-0.4, -0.2) is 17.3 Å². The van der Waals surface area contributed by atoms with Crippen LogP contribution in [0.5, 0.6) is 0 Å². The van der Waals surface area contributed by atoms with Crippen LogP contribution in [0.2, 0.25) is 0 Å². The maximum absolute atomic E-state index is 12.2. The van der Waals surface area contributed by atoms with Crippen molar-refractivity contribution in [2.45, 2.75) is 45.5 Å². The lowest BCUT2D eigenvalue weighted by molar-refractivity contribution is -0.135. The second-order valence-electron chi connectivity index (χ2n) is 5.25. The molecule has 0 saturated carbocycles. The van der Waals surface area contributed by atoms with Gasteiger partial charge in [-0.2, -0.15) is 13.2 Å². The molecule has 1 aromatic heterocycles. The summed E-state index contributed by atoms with van der Waals surface area (Å²) >= 11 is 0. The first-order valence-electron chi connectivity index (χ1n) is 7.35. The molecule has 116 valence electrons. The Kier molecular flexibility index (Phi) is 5.28. The van der Waals surface area contributed by atoms with E-state index in [0.717, 1.165) is 30.4 Å². The molecule has 0 atom stereocenters. The minimum Gasteiger partial charge on any atom is -0.347 e. The van der Waals surface area contributed by atoms with Crippen LogP contribution in [0, 0.1) is 0 Å². The maximum atomic E-state index is 12.2. The highest BCUT2D eigenvalue weighted by atomic mass is 19.4. The van der Waals surface area contributed by atoms with Crippen molar-refractivity contribution in [1.29, 1.82) is 0 Å². The predicted octanol–water partition coefficient (Wildman–Crippen LogP) is 4.48. The van der Waals surface area contributed by atoms with Gasteiger partial charge in [0.2, 0.25) is 0 Å². The normalized spacial score (nSPS) is 12.2. The predicted molar refractivity (Wildman–Crippen MR) is 79.2 cm³/mol. The van der Waals surface area contributed by atoms with E-state index < -0.39 is 12.6 Å². The summed E-state index contributed by atoms with van der Waals surface area (Å²) < 4.78 is 38.6. The number of rotatable bonds is 7. The van der Waals surface area contributed by atoms with Crippen molar-refractivity contribution in [3.05, 3.63) is 36.0 Å². The topological polar surface area (TPSA) is 17.0 Å². The number of nitrogens with one attached hydrogen (secondary N) is 1. The van der Waals surface area contributed by atoms with E-state index in [0.29, 0.717) is 6.54 Å². The SMILES string of the molecule is CCCNCc1cccc2c1ccn2CCCC(F)(F)F. The minimum atomic E-state index is -4.07. The number of aryl methyl sites for hydroxylation is 1. The van der Waals surface area contributed by atoms with E-state index in [-0.39, 0.29) is 6.42 Å². The number of halogens is 3. The van der Waals surface area contributed by atoms with Gasteiger partial charge in [-0.3, -0.25) is 0 Å². The summed E-state index contributed by atoms with van der Waals surface area (Å²) in [6.45, 7) is 4.26. The molecule has 0 bridgehead atoms. The minimum absolute atomic E-state index is 0.117. The molecule has 0 aliphatic carbocycles.